The molecule has 0 amide bonds. The molecular formula is C20H30F3N3O4. The van der Waals surface area contributed by atoms with Crippen LogP contribution >= 0.6 is 0 Å². The van der Waals surface area contributed by atoms with Crippen LogP contribution in [0.3, 0.4) is 0 Å². The molecule has 1 saturated heterocycles. The van der Waals surface area contributed by atoms with Crippen LogP contribution < -0.4 is 0 Å². The van der Waals surface area contributed by atoms with Gasteiger partial charge in [0.25, 0.3) is 0 Å². The molecular weight excluding hydrogens is 403 g/mol. The number of piperazine rings is 1. The van der Waals surface area contributed by atoms with Gasteiger partial charge in [-0.05, 0) is 32.8 Å². The molecule has 0 bridgehead atoms. The summed E-state index contributed by atoms with van der Waals surface area (Å²) < 4.78 is 45.8. The number of hydrogen-bond acceptors (Lipinski definition) is 6. The molecule has 1 aromatic rings. The van der Waals surface area contributed by atoms with E-state index in [1.54, 1.807) is 20.8 Å². The van der Waals surface area contributed by atoms with Crippen molar-refractivity contribution in [3.05, 3.63) is 22.5 Å². The SMILES string of the molecule is CCOC(=O)c1[nH]c(C)c(C(=O)CN2CCN(CCCOCC(F)(F)F)CC2)c1C. The zero-order chi connectivity index (χ0) is 22.3. The number of alkyl halides is 3. The monoisotopic (exact) mass is 433 g/mol. The topological polar surface area (TPSA) is 74.9 Å². The Labute approximate surface area is 174 Å². The number of nitrogens with zero attached hydrogens (tertiary/aromatic N) is 2. The summed E-state index contributed by atoms with van der Waals surface area (Å²) in [6.45, 7) is 8.16. The second kappa shape index (κ2) is 10.9. The Hall–Kier alpha value is -1.91. The van der Waals surface area contributed by atoms with Crippen molar-refractivity contribution in [2.24, 2.45) is 0 Å². The fourth-order valence-electron chi connectivity index (χ4n) is 3.61. The van der Waals surface area contributed by atoms with Gasteiger partial charge in [-0.1, -0.05) is 0 Å². The summed E-state index contributed by atoms with van der Waals surface area (Å²) in [6.07, 6.45) is -3.75. The summed E-state index contributed by atoms with van der Waals surface area (Å²) >= 11 is 0. The molecule has 2 heterocycles. The van der Waals surface area contributed by atoms with E-state index in [1.807, 2.05) is 0 Å². The van der Waals surface area contributed by atoms with Crippen LogP contribution in [-0.4, -0.2) is 91.8 Å². The van der Waals surface area contributed by atoms with Crippen LogP contribution in [0.15, 0.2) is 0 Å². The molecule has 0 radical (unpaired) electrons. The highest BCUT2D eigenvalue weighted by atomic mass is 19.4. The van der Waals surface area contributed by atoms with Crippen LogP contribution in [0.25, 0.3) is 0 Å². The molecule has 170 valence electrons. The van der Waals surface area contributed by atoms with Crippen LogP contribution in [-0.2, 0) is 9.47 Å². The summed E-state index contributed by atoms with van der Waals surface area (Å²) in [5, 5.41) is 0. The molecule has 0 unspecified atom stereocenters. The van der Waals surface area contributed by atoms with Gasteiger partial charge in [0, 0.05) is 50.6 Å². The molecule has 1 N–H and O–H groups in total. The molecule has 7 nitrogen and oxygen atoms in total. The highest BCUT2D eigenvalue weighted by molar-refractivity contribution is 6.03. The minimum atomic E-state index is -4.29. The molecule has 0 spiro atoms. The lowest BCUT2D eigenvalue weighted by Crippen LogP contribution is -2.48. The van der Waals surface area contributed by atoms with Gasteiger partial charge in [0.1, 0.15) is 12.3 Å². The molecule has 0 aromatic carbocycles. The van der Waals surface area contributed by atoms with Crippen molar-refractivity contribution in [3.63, 3.8) is 0 Å². The Kier molecular flexibility index (Phi) is 8.87. The van der Waals surface area contributed by atoms with Gasteiger partial charge in [-0.25, -0.2) is 4.79 Å². The molecule has 10 heteroatoms. The van der Waals surface area contributed by atoms with Crippen molar-refractivity contribution in [2.75, 3.05) is 59.1 Å². The maximum Gasteiger partial charge on any atom is 0.411 e. The number of H-pyrrole nitrogens is 1. The first-order chi connectivity index (χ1) is 14.1. The third-order valence-electron chi connectivity index (χ3n) is 5.06. The summed E-state index contributed by atoms with van der Waals surface area (Å²) in [6, 6.07) is 0. The first-order valence-electron chi connectivity index (χ1n) is 10.1. The molecule has 2 rings (SSSR count). The summed E-state index contributed by atoms with van der Waals surface area (Å²) in [5.41, 5.74) is 2.10. The third kappa shape index (κ3) is 7.10. The van der Waals surface area contributed by atoms with Crippen LogP contribution in [0, 0.1) is 13.8 Å². The maximum absolute atomic E-state index is 12.8. The lowest BCUT2D eigenvalue weighted by atomic mass is 10.0. The second-order valence-corrected chi connectivity index (χ2v) is 7.41. The molecule has 0 saturated carbocycles. The van der Waals surface area contributed by atoms with Crippen molar-refractivity contribution in [1.29, 1.82) is 0 Å². The van der Waals surface area contributed by atoms with E-state index < -0.39 is 18.8 Å². The number of aromatic amines is 1. The number of carbonyl (C=O) groups is 2. The first kappa shape index (κ1) is 24.4. The summed E-state index contributed by atoms with van der Waals surface area (Å²) in [5.74, 6) is -0.518. The van der Waals surface area contributed by atoms with E-state index in [2.05, 4.69) is 19.5 Å². The number of carbonyl (C=O) groups excluding carboxylic acids is 2. The normalized spacial score (nSPS) is 16.1. The number of aromatic nitrogens is 1. The van der Waals surface area contributed by atoms with Crippen LogP contribution in [0.4, 0.5) is 13.2 Å². The van der Waals surface area contributed by atoms with Gasteiger partial charge < -0.3 is 19.4 Å². The minimum Gasteiger partial charge on any atom is -0.461 e. The molecule has 1 aliphatic heterocycles. The zero-order valence-corrected chi connectivity index (χ0v) is 17.7. The average Bonchev–Trinajstić information content (AvgIpc) is 2.96. The predicted octanol–water partition coefficient (Wildman–Crippen LogP) is 2.58. The first-order valence-corrected chi connectivity index (χ1v) is 10.1. The number of ether oxygens (including phenoxy) is 2. The number of aryl methyl sites for hydroxylation is 1. The predicted molar refractivity (Wildman–Crippen MR) is 105 cm³/mol. The van der Waals surface area contributed by atoms with Gasteiger partial charge in [-0.3, -0.25) is 9.69 Å². The molecule has 0 atom stereocenters. The number of rotatable bonds is 10. The van der Waals surface area contributed by atoms with Crippen molar-refractivity contribution in [1.82, 2.24) is 14.8 Å². The van der Waals surface area contributed by atoms with Crippen LogP contribution in [0.2, 0.25) is 0 Å². The Morgan fingerprint density at radius 1 is 1.10 bits per heavy atom. The Morgan fingerprint density at radius 3 is 2.33 bits per heavy atom. The van der Waals surface area contributed by atoms with Gasteiger partial charge >= 0.3 is 12.1 Å². The third-order valence-corrected chi connectivity index (χ3v) is 5.06. The lowest BCUT2D eigenvalue weighted by Gasteiger charge is -2.34. The quantitative estimate of drug-likeness (QED) is 0.347. The lowest BCUT2D eigenvalue weighted by molar-refractivity contribution is -0.174. The van der Waals surface area contributed by atoms with Gasteiger partial charge in [0.15, 0.2) is 5.78 Å². The van der Waals surface area contributed by atoms with E-state index in [-0.39, 0.29) is 25.5 Å². The van der Waals surface area contributed by atoms with Crippen LogP contribution in [0.5, 0.6) is 0 Å². The molecule has 1 fully saturated rings. The molecule has 0 aliphatic carbocycles. The number of ketones is 1. The maximum atomic E-state index is 12.8. The van der Waals surface area contributed by atoms with E-state index in [1.165, 1.54) is 0 Å². The van der Waals surface area contributed by atoms with Gasteiger partial charge in [0.2, 0.25) is 0 Å². The number of halogens is 3. The fraction of sp³-hybridized carbons (Fsp3) is 0.700. The number of esters is 1. The fourth-order valence-corrected chi connectivity index (χ4v) is 3.61. The zero-order valence-electron chi connectivity index (χ0n) is 17.7. The number of Topliss-reactive ketones (excluding diaryl/α,β-unsaturated/α-hetero) is 1. The van der Waals surface area contributed by atoms with Crippen molar-refractivity contribution in [3.8, 4) is 0 Å². The number of hydrogen-bond donors (Lipinski definition) is 1. The largest absolute Gasteiger partial charge is 0.461 e. The summed E-state index contributed by atoms with van der Waals surface area (Å²) in [7, 11) is 0. The molecule has 30 heavy (non-hydrogen) atoms. The van der Waals surface area contributed by atoms with E-state index in [9.17, 15) is 22.8 Å². The second-order valence-electron chi connectivity index (χ2n) is 7.41. The van der Waals surface area contributed by atoms with Crippen molar-refractivity contribution < 1.29 is 32.2 Å². The summed E-state index contributed by atoms with van der Waals surface area (Å²) in [4.78, 5) is 32.0. The van der Waals surface area contributed by atoms with Crippen LogP contribution in [0.1, 0.15) is 45.4 Å². The van der Waals surface area contributed by atoms with E-state index in [0.29, 0.717) is 48.6 Å². The van der Waals surface area contributed by atoms with Gasteiger partial charge in [0.05, 0.1) is 13.2 Å². The van der Waals surface area contributed by atoms with Crippen molar-refractivity contribution >= 4 is 11.8 Å². The number of nitrogens with one attached hydrogen (secondary N) is 1. The van der Waals surface area contributed by atoms with Gasteiger partial charge in [-0.15, -0.1) is 0 Å². The van der Waals surface area contributed by atoms with E-state index >= 15 is 0 Å². The highest BCUT2D eigenvalue weighted by Gasteiger charge is 2.27. The Bertz CT molecular complexity index is 726. The van der Waals surface area contributed by atoms with E-state index in [4.69, 9.17) is 4.74 Å². The standard InChI is InChI=1S/C20H30F3N3O4/c1-4-30-19(28)18-14(2)17(15(3)24-18)16(27)12-26-9-7-25(8-10-26)6-5-11-29-13-20(21,22)23/h24H,4-13H2,1-3H3. The van der Waals surface area contributed by atoms with E-state index in [0.717, 1.165) is 13.1 Å². The minimum absolute atomic E-state index is 0.0502. The highest BCUT2D eigenvalue weighted by Crippen LogP contribution is 2.20. The Morgan fingerprint density at radius 2 is 1.73 bits per heavy atom. The molecule has 1 aromatic heterocycles. The smallest absolute Gasteiger partial charge is 0.411 e. The molecule has 1 aliphatic rings. The Balaban J connectivity index is 1.77. The average molecular weight is 433 g/mol. The van der Waals surface area contributed by atoms with Gasteiger partial charge in [-0.2, -0.15) is 13.2 Å². The van der Waals surface area contributed by atoms with Crippen molar-refractivity contribution in [2.45, 2.75) is 33.4 Å².